The number of thiocarbonyl (C=S) groups is 1. The average molecular weight is 480 g/mol. The highest BCUT2D eigenvalue weighted by atomic mass is 32.2. The van der Waals surface area contributed by atoms with E-state index < -0.39 is 0 Å². The molecule has 0 aliphatic carbocycles. The molecule has 1 aliphatic heterocycles. The fraction of sp³-hybridized carbons (Fsp3) is 0.120. The van der Waals surface area contributed by atoms with Crippen molar-refractivity contribution in [2.24, 2.45) is 0 Å². The summed E-state index contributed by atoms with van der Waals surface area (Å²) in [5.41, 5.74) is 1.61. The van der Waals surface area contributed by atoms with E-state index in [2.05, 4.69) is 0 Å². The van der Waals surface area contributed by atoms with Crippen molar-refractivity contribution in [2.45, 2.75) is 4.90 Å². The maximum atomic E-state index is 13.1. The molecule has 1 amide bonds. The maximum absolute atomic E-state index is 13.1. The van der Waals surface area contributed by atoms with E-state index in [1.165, 1.54) is 11.8 Å². The first-order valence-corrected chi connectivity index (χ1v) is 12.4. The Labute approximate surface area is 201 Å². The van der Waals surface area contributed by atoms with E-state index in [-0.39, 0.29) is 5.91 Å². The monoisotopic (exact) mass is 479 g/mol. The summed E-state index contributed by atoms with van der Waals surface area (Å²) in [6.45, 7) is 0.814. The standard InChI is InChI=1S/C25H21NO3S3/c1-31-21-12-7-9-19(17-21)26-24(27)23(32-25(26)30)16-18-8-5-6-13-22(18)29-15-14-28-20-10-3-2-4-11-20/h2-13,16-17H,14-15H2,1H3/b23-16+. The van der Waals surface area contributed by atoms with Gasteiger partial charge in [-0.2, -0.15) is 0 Å². The third kappa shape index (κ3) is 5.35. The van der Waals surface area contributed by atoms with Crippen LogP contribution in [0.25, 0.3) is 6.08 Å². The zero-order valence-electron chi connectivity index (χ0n) is 17.4. The molecule has 0 bridgehead atoms. The zero-order chi connectivity index (χ0) is 22.3. The molecule has 0 spiro atoms. The van der Waals surface area contributed by atoms with E-state index in [0.717, 1.165) is 21.9 Å². The van der Waals surface area contributed by atoms with Gasteiger partial charge in [0.1, 0.15) is 24.7 Å². The minimum Gasteiger partial charge on any atom is -0.490 e. The number of amides is 1. The molecule has 4 rings (SSSR count). The van der Waals surface area contributed by atoms with Gasteiger partial charge < -0.3 is 9.47 Å². The number of carbonyl (C=O) groups is 1. The number of carbonyl (C=O) groups excluding carboxylic acids is 1. The van der Waals surface area contributed by atoms with Crippen molar-refractivity contribution >= 4 is 57.7 Å². The lowest BCUT2D eigenvalue weighted by molar-refractivity contribution is -0.113. The number of nitrogens with zero attached hydrogens (tertiary/aromatic N) is 1. The van der Waals surface area contributed by atoms with Crippen LogP contribution in [0.5, 0.6) is 11.5 Å². The summed E-state index contributed by atoms with van der Waals surface area (Å²) in [5.74, 6) is 1.37. The molecule has 0 N–H and O–H groups in total. The van der Waals surface area contributed by atoms with E-state index in [4.69, 9.17) is 21.7 Å². The number of rotatable bonds is 8. The minimum atomic E-state index is -0.125. The highest BCUT2D eigenvalue weighted by Crippen LogP contribution is 2.38. The lowest BCUT2D eigenvalue weighted by Gasteiger charge is -2.15. The summed E-state index contributed by atoms with van der Waals surface area (Å²) in [7, 11) is 0. The van der Waals surface area contributed by atoms with Crippen LogP contribution < -0.4 is 14.4 Å². The van der Waals surface area contributed by atoms with Gasteiger partial charge in [-0.05, 0) is 48.7 Å². The van der Waals surface area contributed by atoms with Crippen LogP contribution in [-0.4, -0.2) is 29.7 Å². The predicted octanol–water partition coefficient (Wildman–Crippen LogP) is 6.27. The third-order valence-corrected chi connectivity index (χ3v) is 6.69. The molecule has 1 saturated heterocycles. The number of para-hydroxylation sites is 2. The zero-order valence-corrected chi connectivity index (χ0v) is 19.8. The number of ether oxygens (including phenoxy) is 2. The van der Waals surface area contributed by atoms with Gasteiger partial charge in [0, 0.05) is 10.5 Å². The number of anilines is 1. The van der Waals surface area contributed by atoms with Gasteiger partial charge in [0.05, 0.1) is 10.6 Å². The van der Waals surface area contributed by atoms with Gasteiger partial charge in [-0.15, -0.1) is 11.8 Å². The van der Waals surface area contributed by atoms with Crippen LogP contribution in [0.2, 0.25) is 0 Å². The molecule has 3 aromatic carbocycles. The Kier molecular flexibility index (Phi) is 7.52. The molecule has 4 nitrogen and oxygen atoms in total. The number of hydrogen-bond donors (Lipinski definition) is 0. The third-order valence-electron chi connectivity index (χ3n) is 4.66. The smallest absolute Gasteiger partial charge is 0.270 e. The van der Waals surface area contributed by atoms with Crippen LogP contribution in [0, 0.1) is 0 Å². The van der Waals surface area contributed by atoms with Gasteiger partial charge in [0.25, 0.3) is 5.91 Å². The van der Waals surface area contributed by atoms with Crippen molar-refractivity contribution in [3.63, 3.8) is 0 Å². The second-order valence-electron chi connectivity index (χ2n) is 6.77. The van der Waals surface area contributed by atoms with E-state index in [0.29, 0.717) is 28.2 Å². The van der Waals surface area contributed by atoms with Crippen LogP contribution in [0.15, 0.2) is 88.7 Å². The van der Waals surface area contributed by atoms with Gasteiger partial charge in [-0.3, -0.25) is 9.69 Å². The molecule has 0 saturated carbocycles. The molecule has 7 heteroatoms. The second kappa shape index (κ2) is 10.7. The highest BCUT2D eigenvalue weighted by Gasteiger charge is 2.33. The van der Waals surface area contributed by atoms with E-state index >= 15 is 0 Å². The summed E-state index contributed by atoms with van der Waals surface area (Å²) in [6, 6.07) is 25.1. The Bertz CT molecular complexity index is 1150. The molecule has 32 heavy (non-hydrogen) atoms. The summed E-state index contributed by atoms with van der Waals surface area (Å²) in [6.07, 6.45) is 3.84. The average Bonchev–Trinajstić information content (AvgIpc) is 3.11. The van der Waals surface area contributed by atoms with Crippen LogP contribution in [0.3, 0.4) is 0 Å². The fourth-order valence-electron chi connectivity index (χ4n) is 3.14. The Morgan fingerprint density at radius 3 is 2.53 bits per heavy atom. The van der Waals surface area contributed by atoms with E-state index in [9.17, 15) is 4.79 Å². The van der Waals surface area contributed by atoms with E-state index in [1.54, 1.807) is 16.7 Å². The molecular formula is C25H21NO3S3. The quantitative estimate of drug-likeness (QED) is 0.164. The molecule has 1 aliphatic rings. The molecule has 0 radical (unpaired) electrons. The van der Waals surface area contributed by atoms with Crippen molar-refractivity contribution in [3.8, 4) is 11.5 Å². The lowest BCUT2D eigenvalue weighted by Crippen LogP contribution is -2.27. The van der Waals surface area contributed by atoms with Gasteiger partial charge in [-0.25, -0.2) is 0 Å². The van der Waals surface area contributed by atoms with Gasteiger partial charge in [0.2, 0.25) is 0 Å². The van der Waals surface area contributed by atoms with Crippen LogP contribution >= 0.6 is 35.7 Å². The van der Waals surface area contributed by atoms with Crippen LogP contribution in [0.1, 0.15) is 5.56 Å². The SMILES string of the molecule is CSc1cccc(N2C(=O)/C(=C\c3ccccc3OCCOc3ccccc3)SC2=S)c1. The molecule has 0 unspecified atom stereocenters. The van der Waals surface area contributed by atoms with E-state index in [1.807, 2.05) is 91.2 Å². The fourth-order valence-corrected chi connectivity index (χ4v) is 4.88. The summed E-state index contributed by atoms with van der Waals surface area (Å²) in [4.78, 5) is 16.4. The normalized spacial score (nSPS) is 14.8. The molecule has 0 atom stereocenters. The van der Waals surface area contributed by atoms with Gasteiger partial charge in [0.15, 0.2) is 4.32 Å². The Morgan fingerprint density at radius 2 is 1.72 bits per heavy atom. The molecule has 0 aromatic heterocycles. The number of thioether (sulfide) groups is 2. The lowest BCUT2D eigenvalue weighted by atomic mass is 10.2. The first-order chi connectivity index (χ1) is 15.7. The highest BCUT2D eigenvalue weighted by molar-refractivity contribution is 8.27. The maximum Gasteiger partial charge on any atom is 0.270 e. The number of benzene rings is 3. The molecule has 1 fully saturated rings. The van der Waals surface area contributed by atoms with Crippen molar-refractivity contribution in [1.29, 1.82) is 0 Å². The predicted molar refractivity (Wildman–Crippen MR) is 138 cm³/mol. The summed E-state index contributed by atoms with van der Waals surface area (Å²) in [5, 5.41) is 0. The molecular weight excluding hydrogens is 458 g/mol. The van der Waals surface area contributed by atoms with Crippen LogP contribution in [0.4, 0.5) is 5.69 Å². The Morgan fingerprint density at radius 1 is 0.969 bits per heavy atom. The summed E-state index contributed by atoms with van der Waals surface area (Å²) < 4.78 is 12.1. The molecule has 3 aromatic rings. The second-order valence-corrected chi connectivity index (χ2v) is 9.32. The van der Waals surface area contributed by atoms with Gasteiger partial charge in [-0.1, -0.05) is 66.4 Å². The van der Waals surface area contributed by atoms with Crippen molar-refractivity contribution in [1.82, 2.24) is 0 Å². The number of hydrogen-bond acceptors (Lipinski definition) is 6. The Balaban J connectivity index is 1.46. The van der Waals surface area contributed by atoms with Crippen molar-refractivity contribution < 1.29 is 14.3 Å². The first-order valence-electron chi connectivity index (χ1n) is 9.97. The Hall–Kier alpha value is -2.74. The summed E-state index contributed by atoms with van der Waals surface area (Å²) >= 11 is 8.44. The first kappa shape index (κ1) is 22.5. The largest absolute Gasteiger partial charge is 0.490 e. The van der Waals surface area contributed by atoms with Gasteiger partial charge >= 0.3 is 0 Å². The van der Waals surface area contributed by atoms with Crippen LogP contribution in [-0.2, 0) is 4.79 Å². The minimum absolute atomic E-state index is 0.125. The van der Waals surface area contributed by atoms with Crippen molar-refractivity contribution in [3.05, 3.63) is 89.3 Å². The molecule has 1 heterocycles. The topological polar surface area (TPSA) is 38.8 Å². The molecule has 162 valence electrons. The van der Waals surface area contributed by atoms with Crippen molar-refractivity contribution in [2.75, 3.05) is 24.4 Å².